The zero-order valence-corrected chi connectivity index (χ0v) is 10.3. The Morgan fingerprint density at radius 2 is 2.05 bits per heavy atom. The lowest BCUT2D eigenvalue weighted by Gasteiger charge is -2.10. The van der Waals surface area contributed by atoms with E-state index in [2.05, 4.69) is 5.32 Å². The fourth-order valence-electron chi connectivity index (χ4n) is 1.56. The number of para-hydroxylation sites is 1. The van der Waals surface area contributed by atoms with Crippen molar-refractivity contribution in [2.24, 2.45) is 0 Å². The summed E-state index contributed by atoms with van der Waals surface area (Å²) < 4.78 is 13.6. The second-order valence-electron chi connectivity index (χ2n) is 3.75. The van der Waals surface area contributed by atoms with Gasteiger partial charge in [-0.1, -0.05) is 17.7 Å². The van der Waals surface area contributed by atoms with Crippen LogP contribution >= 0.6 is 11.6 Å². The van der Waals surface area contributed by atoms with Gasteiger partial charge in [-0.05, 0) is 24.3 Å². The zero-order valence-electron chi connectivity index (χ0n) is 9.56. The van der Waals surface area contributed by atoms with E-state index in [-0.39, 0.29) is 22.1 Å². The molecule has 0 atom stereocenters. The number of hydrogen-bond donors (Lipinski definition) is 2. The van der Waals surface area contributed by atoms with Crippen molar-refractivity contribution in [1.29, 1.82) is 0 Å². The highest BCUT2D eigenvalue weighted by Gasteiger charge is 2.12. The molecule has 0 unspecified atom stereocenters. The molecule has 0 aliphatic rings. The summed E-state index contributed by atoms with van der Waals surface area (Å²) in [5.74, 6) is -0.524. The van der Waals surface area contributed by atoms with Crippen molar-refractivity contribution < 1.29 is 9.31 Å². The van der Waals surface area contributed by atoms with Crippen LogP contribution in [0.1, 0.15) is 0 Å². The first-order chi connectivity index (χ1) is 8.99. The first kappa shape index (κ1) is 13.1. The van der Waals surface area contributed by atoms with Crippen LogP contribution in [0.25, 0.3) is 0 Å². The number of nitrogen functional groups attached to an aromatic ring is 1. The summed E-state index contributed by atoms with van der Waals surface area (Å²) in [6.45, 7) is 0. The number of nitrogens with two attached hydrogens (primary N) is 1. The molecular weight excluding hydrogens is 273 g/mol. The molecule has 0 spiro atoms. The minimum absolute atomic E-state index is 0.0116. The molecular formula is C12H9ClFN3O2. The average Bonchev–Trinajstić information content (AvgIpc) is 2.33. The van der Waals surface area contributed by atoms with Crippen LogP contribution in [0, 0.1) is 15.9 Å². The highest BCUT2D eigenvalue weighted by atomic mass is 35.5. The van der Waals surface area contributed by atoms with Gasteiger partial charge in [0.1, 0.15) is 11.5 Å². The topological polar surface area (TPSA) is 81.2 Å². The highest BCUT2D eigenvalue weighted by molar-refractivity contribution is 6.33. The van der Waals surface area contributed by atoms with Crippen LogP contribution in [-0.4, -0.2) is 4.92 Å². The molecule has 0 amide bonds. The Labute approximate surface area is 113 Å². The Morgan fingerprint density at radius 1 is 1.32 bits per heavy atom. The number of benzene rings is 2. The van der Waals surface area contributed by atoms with Crippen LogP contribution < -0.4 is 11.1 Å². The monoisotopic (exact) mass is 281 g/mol. The maximum Gasteiger partial charge on any atom is 0.292 e. The highest BCUT2D eigenvalue weighted by Crippen LogP contribution is 2.31. The summed E-state index contributed by atoms with van der Waals surface area (Å²) in [4.78, 5) is 10.0. The average molecular weight is 282 g/mol. The number of nitro groups is 1. The summed E-state index contributed by atoms with van der Waals surface area (Å²) in [6.07, 6.45) is 0. The van der Waals surface area contributed by atoms with Gasteiger partial charge in [-0.2, -0.15) is 0 Å². The standard InChI is InChI=1S/C12H9ClFN3O2/c13-8-2-1-3-9(14)12(8)16-7-4-5-11(17(18)19)10(15)6-7/h1-6,16H,15H2. The van der Waals surface area contributed by atoms with Crippen LogP contribution in [0.15, 0.2) is 36.4 Å². The second-order valence-corrected chi connectivity index (χ2v) is 4.16. The van der Waals surface area contributed by atoms with E-state index < -0.39 is 10.7 Å². The first-order valence-corrected chi connectivity index (χ1v) is 5.62. The summed E-state index contributed by atoms with van der Waals surface area (Å²) >= 11 is 5.86. The number of anilines is 3. The van der Waals surface area contributed by atoms with Gasteiger partial charge in [0, 0.05) is 11.8 Å². The van der Waals surface area contributed by atoms with Crippen LogP contribution in [0.2, 0.25) is 5.02 Å². The predicted octanol–water partition coefficient (Wildman–Crippen LogP) is 3.71. The molecule has 7 heteroatoms. The van der Waals surface area contributed by atoms with E-state index in [0.29, 0.717) is 5.69 Å². The smallest absolute Gasteiger partial charge is 0.292 e. The molecule has 0 saturated heterocycles. The van der Waals surface area contributed by atoms with Crippen molar-refractivity contribution in [1.82, 2.24) is 0 Å². The van der Waals surface area contributed by atoms with E-state index in [1.165, 1.54) is 36.4 Å². The molecule has 0 fully saturated rings. The van der Waals surface area contributed by atoms with E-state index in [1.807, 2.05) is 0 Å². The molecule has 0 saturated carbocycles. The lowest BCUT2D eigenvalue weighted by Crippen LogP contribution is -1.99. The van der Waals surface area contributed by atoms with Crippen molar-refractivity contribution >= 4 is 34.4 Å². The number of nitrogens with one attached hydrogen (secondary N) is 1. The van der Waals surface area contributed by atoms with Gasteiger partial charge in [0.05, 0.1) is 15.6 Å². The second kappa shape index (κ2) is 5.11. The molecule has 98 valence electrons. The summed E-state index contributed by atoms with van der Waals surface area (Å²) in [6, 6.07) is 8.28. The third-order valence-electron chi connectivity index (χ3n) is 2.46. The Bertz CT molecular complexity index is 629. The van der Waals surface area contributed by atoms with Gasteiger partial charge in [-0.3, -0.25) is 10.1 Å². The Morgan fingerprint density at radius 3 is 2.63 bits per heavy atom. The fraction of sp³-hybridized carbons (Fsp3) is 0. The number of hydrogen-bond acceptors (Lipinski definition) is 4. The van der Waals surface area contributed by atoms with Gasteiger partial charge in [0.15, 0.2) is 0 Å². The third kappa shape index (κ3) is 2.74. The quantitative estimate of drug-likeness (QED) is 0.510. The van der Waals surface area contributed by atoms with Gasteiger partial charge in [-0.15, -0.1) is 0 Å². The molecule has 0 heterocycles. The fourth-order valence-corrected chi connectivity index (χ4v) is 1.77. The molecule has 2 aromatic rings. The van der Waals surface area contributed by atoms with E-state index in [0.717, 1.165) is 0 Å². The molecule has 0 aromatic heterocycles. The summed E-state index contributed by atoms with van der Waals surface area (Å²) in [7, 11) is 0. The predicted molar refractivity (Wildman–Crippen MR) is 72.2 cm³/mol. The third-order valence-corrected chi connectivity index (χ3v) is 2.77. The molecule has 19 heavy (non-hydrogen) atoms. The van der Waals surface area contributed by atoms with Gasteiger partial charge in [0.2, 0.25) is 0 Å². The van der Waals surface area contributed by atoms with Gasteiger partial charge in [0.25, 0.3) is 5.69 Å². The molecule has 2 aromatic carbocycles. The van der Waals surface area contributed by atoms with Crippen LogP contribution in [0.5, 0.6) is 0 Å². The number of halogens is 2. The normalized spacial score (nSPS) is 10.2. The van der Waals surface area contributed by atoms with Gasteiger partial charge >= 0.3 is 0 Å². The SMILES string of the molecule is Nc1cc(Nc2c(F)cccc2Cl)ccc1[N+](=O)[O-]. The number of nitro benzene ring substituents is 1. The van der Waals surface area contributed by atoms with Crippen molar-refractivity contribution in [2.75, 3.05) is 11.1 Å². The van der Waals surface area contributed by atoms with E-state index in [1.54, 1.807) is 0 Å². The minimum atomic E-state index is -0.588. The van der Waals surface area contributed by atoms with E-state index >= 15 is 0 Å². The maximum absolute atomic E-state index is 13.6. The largest absolute Gasteiger partial charge is 0.393 e. The van der Waals surface area contributed by atoms with Gasteiger partial charge < -0.3 is 11.1 Å². The Kier molecular flexibility index (Phi) is 3.52. The molecule has 0 aliphatic carbocycles. The zero-order chi connectivity index (χ0) is 14.0. The van der Waals surface area contributed by atoms with Gasteiger partial charge in [-0.25, -0.2) is 4.39 Å². The first-order valence-electron chi connectivity index (χ1n) is 5.24. The molecule has 3 N–H and O–H groups in total. The summed E-state index contributed by atoms with van der Waals surface area (Å²) in [5.41, 5.74) is 5.84. The van der Waals surface area contributed by atoms with Crippen molar-refractivity contribution in [3.05, 3.63) is 57.4 Å². The van der Waals surface area contributed by atoms with Crippen LogP contribution in [0.4, 0.5) is 27.1 Å². The van der Waals surface area contributed by atoms with Crippen molar-refractivity contribution in [3.8, 4) is 0 Å². The molecule has 5 nitrogen and oxygen atoms in total. The van der Waals surface area contributed by atoms with E-state index in [4.69, 9.17) is 17.3 Å². The Hall–Kier alpha value is -2.34. The molecule has 2 rings (SSSR count). The molecule has 0 bridgehead atoms. The van der Waals surface area contributed by atoms with Crippen molar-refractivity contribution in [3.63, 3.8) is 0 Å². The lowest BCUT2D eigenvalue weighted by molar-refractivity contribution is -0.383. The lowest BCUT2D eigenvalue weighted by atomic mass is 10.2. The molecule has 0 radical (unpaired) electrons. The van der Waals surface area contributed by atoms with Crippen LogP contribution in [-0.2, 0) is 0 Å². The maximum atomic E-state index is 13.6. The van der Waals surface area contributed by atoms with Crippen LogP contribution in [0.3, 0.4) is 0 Å². The van der Waals surface area contributed by atoms with Crippen molar-refractivity contribution in [2.45, 2.75) is 0 Å². The molecule has 0 aliphatic heterocycles. The van der Waals surface area contributed by atoms with E-state index in [9.17, 15) is 14.5 Å². The number of nitrogens with zero attached hydrogens (tertiary/aromatic N) is 1. The number of rotatable bonds is 3. The Balaban J connectivity index is 2.34. The summed E-state index contributed by atoms with van der Waals surface area (Å²) in [5, 5.41) is 13.6. The minimum Gasteiger partial charge on any atom is -0.393 e.